The Bertz CT molecular complexity index is 1050. The predicted octanol–water partition coefficient (Wildman–Crippen LogP) is 4.43. The topological polar surface area (TPSA) is 75.2 Å². The van der Waals surface area contributed by atoms with Crippen molar-refractivity contribution in [2.75, 3.05) is 6.54 Å². The third-order valence-corrected chi connectivity index (χ3v) is 6.15. The molecular formula is C21H18Cl2N4O2S. The van der Waals surface area contributed by atoms with Crippen LogP contribution in [-0.2, 0) is 11.3 Å². The van der Waals surface area contributed by atoms with Gasteiger partial charge in [-0.15, -0.1) is 11.3 Å². The number of benzene rings is 1. The van der Waals surface area contributed by atoms with Crippen LogP contribution in [0.1, 0.15) is 28.2 Å². The number of carbonyl (C=O) groups excluding carboxylic acids is 2. The van der Waals surface area contributed by atoms with Crippen molar-refractivity contribution >= 4 is 46.4 Å². The van der Waals surface area contributed by atoms with Crippen LogP contribution in [0.15, 0.2) is 48.1 Å². The maximum absolute atomic E-state index is 12.9. The summed E-state index contributed by atoms with van der Waals surface area (Å²) in [6.07, 6.45) is 4.82. The van der Waals surface area contributed by atoms with Crippen LogP contribution in [0.5, 0.6) is 0 Å². The van der Waals surface area contributed by atoms with E-state index in [1.807, 2.05) is 17.5 Å². The average molecular weight is 461 g/mol. The van der Waals surface area contributed by atoms with Crippen molar-refractivity contribution in [1.82, 2.24) is 20.2 Å². The van der Waals surface area contributed by atoms with Gasteiger partial charge in [-0.3, -0.25) is 14.6 Å². The molecule has 3 aromatic rings. The zero-order valence-corrected chi connectivity index (χ0v) is 18.2. The Morgan fingerprint density at radius 2 is 1.90 bits per heavy atom. The lowest BCUT2D eigenvalue weighted by Crippen LogP contribution is -2.45. The molecule has 1 fully saturated rings. The molecule has 1 aliphatic heterocycles. The molecule has 6 nitrogen and oxygen atoms in total. The third-order valence-electron chi connectivity index (χ3n) is 4.87. The molecule has 1 atom stereocenters. The smallest absolute Gasteiger partial charge is 0.254 e. The second-order valence-electron chi connectivity index (χ2n) is 6.89. The van der Waals surface area contributed by atoms with Gasteiger partial charge >= 0.3 is 0 Å². The first-order valence-corrected chi connectivity index (χ1v) is 11.0. The number of nitrogens with one attached hydrogen (secondary N) is 1. The number of nitrogens with zero attached hydrogens (tertiary/aromatic N) is 3. The van der Waals surface area contributed by atoms with E-state index in [9.17, 15) is 9.59 Å². The van der Waals surface area contributed by atoms with Gasteiger partial charge in [0.1, 0.15) is 11.0 Å². The number of pyridine rings is 1. The number of halogens is 2. The number of rotatable bonds is 5. The Morgan fingerprint density at radius 3 is 2.63 bits per heavy atom. The summed E-state index contributed by atoms with van der Waals surface area (Å²) in [6, 6.07) is 7.97. The highest BCUT2D eigenvalue weighted by Crippen LogP contribution is 2.25. The van der Waals surface area contributed by atoms with E-state index < -0.39 is 6.04 Å². The first kappa shape index (κ1) is 20.8. The molecule has 0 radical (unpaired) electrons. The van der Waals surface area contributed by atoms with E-state index in [-0.39, 0.29) is 11.8 Å². The number of thiazole rings is 1. The van der Waals surface area contributed by atoms with E-state index in [0.717, 1.165) is 22.7 Å². The highest BCUT2D eigenvalue weighted by molar-refractivity contribution is 7.09. The highest BCUT2D eigenvalue weighted by Gasteiger charge is 2.34. The molecule has 2 amide bonds. The summed E-state index contributed by atoms with van der Waals surface area (Å²) in [7, 11) is 0. The molecule has 9 heteroatoms. The van der Waals surface area contributed by atoms with Crippen molar-refractivity contribution in [2.24, 2.45) is 0 Å². The van der Waals surface area contributed by atoms with Crippen molar-refractivity contribution in [3.63, 3.8) is 0 Å². The fourth-order valence-electron chi connectivity index (χ4n) is 3.45. The van der Waals surface area contributed by atoms with Crippen LogP contribution in [0.3, 0.4) is 0 Å². The molecule has 1 saturated heterocycles. The summed E-state index contributed by atoms with van der Waals surface area (Å²) in [5.41, 5.74) is 2.21. The van der Waals surface area contributed by atoms with E-state index in [2.05, 4.69) is 15.3 Å². The van der Waals surface area contributed by atoms with Crippen molar-refractivity contribution < 1.29 is 9.59 Å². The molecule has 1 aromatic carbocycles. The molecule has 1 unspecified atom stereocenters. The van der Waals surface area contributed by atoms with E-state index in [1.54, 1.807) is 35.5 Å². The predicted molar refractivity (Wildman–Crippen MR) is 118 cm³/mol. The summed E-state index contributed by atoms with van der Waals surface area (Å²) < 4.78 is 0. The monoisotopic (exact) mass is 460 g/mol. The lowest BCUT2D eigenvalue weighted by Gasteiger charge is -2.24. The van der Waals surface area contributed by atoms with Gasteiger partial charge in [-0.1, -0.05) is 23.2 Å². The fourth-order valence-corrected chi connectivity index (χ4v) is 4.72. The third kappa shape index (κ3) is 4.64. The zero-order chi connectivity index (χ0) is 21.1. The van der Waals surface area contributed by atoms with Gasteiger partial charge in [-0.2, -0.15) is 0 Å². The molecule has 0 spiro atoms. The number of aromatic nitrogens is 2. The molecule has 1 aliphatic rings. The van der Waals surface area contributed by atoms with E-state index in [0.29, 0.717) is 35.1 Å². The minimum Gasteiger partial charge on any atom is -0.348 e. The van der Waals surface area contributed by atoms with E-state index in [4.69, 9.17) is 23.2 Å². The molecule has 3 heterocycles. The SMILES string of the molecule is O=C(NCc1nc(-c2ccncc2)cs1)C1CCCN1C(=O)c1cc(Cl)cc(Cl)c1. The molecule has 0 aliphatic carbocycles. The zero-order valence-electron chi connectivity index (χ0n) is 15.8. The van der Waals surface area contributed by atoms with Gasteiger partial charge in [0, 0.05) is 45.5 Å². The van der Waals surface area contributed by atoms with Crippen LogP contribution >= 0.6 is 34.5 Å². The van der Waals surface area contributed by atoms with Crippen LogP contribution in [-0.4, -0.2) is 39.3 Å². The Morgan fingerprint density at radius 1 is 1.17 bits per heavy atom. The molecule has 0 bridgehead atoms. The van der Waals surface area contributed by atoms with Crippen LogP contribution in [0, 0.1) is 0 Å². The Kier molecular flexibility index (Phi) is 6.32. The maximum atomic E-state index is 12.9. The molecular weight excluding hydrogens is 443 g/mol. The summed E-state index contributed by atoms with van der Waals surface area (Å²) in [6.45, 7) is 0.834. The second-order valence-corrected chi connectivity index (χ2v) is 8.71. The second kappa shape index (κ2) is 9.12. The highest BCUT2D eigenvalue weighted by atomic mass is 35.5. The largest absolute Gasteiger partial charge is 0.348 e. The van der Waals surface area contributed by atoms with Crippen molar-refractivity contribution in [3.8, 4) is 11.3 Å². The van der Waals surface area contributed by atoms with Gasteiger partial charge in [-0.25, -0.2) is 4.98 Å². The Balaban J connectivity index is 1.40. The van der Waals surface area contributed by atoms with Crippen LogP contribution in [0.4, 0.5) is 0 Å². The number of likely N-dealkylation sites (tertiary alicyclic amines) is 1. The first-order valence-electron chi connectivity index (χ1n) is 9.41. The lowest BCUT2D eigenvalue weighted by atomic mass is 10.1. The normalized spacial score (nSPS) is 15.9. The average Bonchev–Trinajstić information content (AvgIpc) is 3.41. The number of hydrogen-bond donors (Lipinski definition) is 1. The Labute approximate surface area is 187 Å². The quantitative estimate of drug-likeness (QED) is 0.610. The van der Waals surface area contributed by atoms with Crippen molar-refractivity contribution in [1.29, 1.82) is 0 Å². The standard InChI is InChI=1S/C21H18Cl2N4O2S/c22-15-8-14(9-16(23)10-15)21(29)27-7-1-2-18(27)20(28)25-11-19-26-17(12-30-19)13-3-5-24-6-4-13/h3-6,8-10,12,18H,1-2,7,11H2,(H,25,28). The van der Waals surface area contributed by atoms with E-state index in [1.165, 1.54) is 11.3 Å². The van der Waals surface area contributed by atoms with Crippen LogP contribution in [0.2, 0.25) is 10.0 Å². The van der Waals surface area contributed by atoms with Gasteiger partial charge in [0.2, 0.25) is 5.91 Å². The van der Waals surface area contributed by atoms with E-state index >= 15 is 0 Å². The van der Waals surface area contributed by atoms with Crippen LogP contribution < -0.4 is 5.32 Å². The molecule has 0 saturated carbocycles. The van der Waals surface area contributed by atoms with Gasteiger partial charge in [0.25, 0.3) is 5.91 Å². The molecule has 1 N–H and O–H groups in total. The van der Waals surface area contributed by atoms with Gasteiger partial charge in [0.05, 0.1) is 12.2 Å². The summed E-state index contributed by atoms with van der Waals surface area (Å²) in [5.74, 6) is -0.430. The number of amides is 2. The van der Waals surface area contributed by atoms with Crippen molar-refractivity contribution in [3.05, 3.63) is 68.7 Å². The minimum atomic E-state index is -0.519. The molecule has 154 valence electrons. The number of hydrogen-bond acceptors (Lipinski definition) is 5. The van der Waals surface area contributed by atoms with Gasteiger partial charge < -0.3 is 10.2 Å². The van der Waals surface area contributed by atoms with Crippen molar-refractivity contribution in [2.45, 2.75) is 25.4 Å². The molecule has 4 rings (SSSR count). The summed E-state index contributed by atoms with van der Waals surface area (Å²) in [5, 5.41) is 6.44. The summed E-state index contributed by atoms with van der Waals surface area (Å²) in [4.78, 5) is 35.9. The fraction of sp³-hybridized carbons (Fsp3) is 0.238. The molecule has 30 heavy (non-hydrogen) atoms. The van der Waals surface area contributed by atoms with Crippen LogP contribution in [0.25, 0.3) is 11.3 Å². The van der Waals surface area contributed by atoms with Gasteiger partial charge in [-0.05, 0) is 43.2 Å². The first-order chi connectivity index (χ1) is 14.5. The Hall–Kier alpha value is -2.48. The minimum absolute atomic E-state index is 0.186. The lowest BCUT2D eigenvalue weighted by molar-refractivity contribution is -0.125. The molecule has 2 aromatic heterocycles. The maximum Gasteiger partial charge on any atom is 0.254 e. The number of carbonyl (C=O) groups is 2. The van der Waals surface area contributed by atoms with Gasteiger partial charge in [0.15, 0.2) is 0 Å². The summed E-state index contributed by atoms with van der Waals surface area (Å²) >= 11 is 13.5.